The molecule has 1 amide bonds. The highest BCUT2D eigenvalue weighted by Gasteiger charge is 2.13. The summed E-state index contributed by atoms with van der Waals surface area (Å²) in [6, 6.07) is 0. The van der Waals surface area contributed by atoms with Crippen molar-refractivity contribution >= 4 is 11.6 Å². The van der Waals surface area contributed by atoms with Gasteiger partial charge in [-0.2, -0.15) is 5.10 Å². The highest BCUT2D eigenvalue weighted by atomic mass is 16.2. The molecule has 0 bridgehead atoms. The molecule has 1 heterocycles. The fraction of sp³-hybridized carbons (Fsp3) is 0.667. The van der Waals surface area contributed by atoms with Crippen molar-refractivity contribution in [2.45, 2.75) is 20.3 Å². The number of hydrogen-bond acceptors (Lipinski definition) is 4. The molecule has 0 atom stereocenters. The number of carbonyl (C=O) groups is 1. The minimum atomic E-state index is -0.0197. The molecule has 102 valence electrons. The Kier molecular flexibility index (Phi) is 5.30. The van der Waals surface area contributed by atoms with E-state index in [2.05, 4.69) is 10.4 Å². The van der Waals surface area contributed by atoms with Gasteiger partial charge in [0.1, 0.15) is 0 Å². The fourth-order valence-corrected chi connectivity index (χ4v) is 1.82. The van der Waals surface area contributed by atoms with Gasteiger partial charge < -0.3 is 11.1 Å². The standard InChI is InChI=1S/C12H23N5O/c1-9-12(10(2)17(4)15-9)14-11(18)8-16(3)7-5-6-13/h5-8,13H2,1-4H3,(H,14,18). The Bertz CT molecular complexity index is 413. The molecule has 18 heavy (non-hydrogen) atoms. The molecule has 0 fully saturated rings. The molecule has 6 heteroatoms. The lowest BCUT2D eigenvalue weighted by Gasteiger charge is -2.15. The first kappa shape index (κ1) is 14.7. The number of rotatable bonds is 6. The van der Waals surface area contributed by atoms with Gasteiger partial charge in [0.15, 0.2) is 0 Å². The largest absolute Gasteiger partial charge is 0.330 e. The number of anilines is 1. The molecule has 0 aliphatic carbocycles. The van der Waals surface area contributed by atoms with Crippen LogP contribution in [0, 0.1) is 13.8 Å². The summed E-state index contributed by atoms with van der Waals surface area (Å²) in [5.41, 5.74) is 8.05. The predicted octanol–water partition coefficient (Wildman–Crippen LogP) is 0.256. The average Bonchev–Trinajstić information content (AvgIpc) is 2.53. The molecular weight excluding hydrogens is 230 g/mol. The lowest BCUT2D eigenvalue weighted by Crippen LogP contribution is -2.31. The van der Waals surface area contributed by atoms with Gasteiger partial charge in [-0.1, -0.05) is 0 Å². The van der Waals surface area contributed by atoms with Crippen molar-refractivity contribution in [3.8, 4) is 0 Å². The van der Waals surface area contributed by atoms with E-state index in [1.54, 1.807) is 4.68 Å². The summed E-state index contributed by atoms with van der Waals surface area (Å²) in [5, 5.41) is 7.18. The molecule has 1 rings (SSSR count). The first-order valence-electron chi connectivity index (χ1n) is 6.14. The minimum absolute atomic E-state index is 0.0197. The summed E-state index contributed by atoms with van der Waals surface area (Å²) in [6.07, 6.45) is 0.898. The smallest absolute Gasteiger partial charge is 0.238 e. The van der Waals surface area contributed by atoms with E-state index in [-0.39, 0.29) is 5.91 Å². The third kappa shape index (κ3) is 3.82. The van der Waals surface area contributed by atoms with Crippen LogP contribution >= 0.6 is 0 Å². The summed E-state index contributed by atoms with van der Waals surface area (Å²) in [4.78, 5) is 13.8. The van der Waals surface area contributed by atoms with Gasteiger partial charge in [0.25, 0.3) is 0 Å². The van der Waals surface area contributed by atoms with E-state index >= 15 is 0 Å². The van der Waals surface area contributed by atoms with E-state index in [9.17, 15) is 4.79 Å². The molecule has 3 N–H and O–H groups in total. The Morgan fingerprint density at radius 1 is 1.50 bits per heavy atom. The fourth-order valence-electron chi connectivity index (χ4n) is 1.82. The molecule has 0 radical (unpaired) electrons. The lowest BCUT2D eigenvalue weighted by molar-refractivity contribution is -0.117. The van der Waals surface area contributed by atoms with Crippen LogP contribution in [0.4, 0.5) is 5.69 Å². The molecule has 0 aromatic carbocycles. The Labute approximate surface area is 108 Å². The van der Waals surface area contributed by atoms with E-state index < -0.39 is 0 Å². The molecule has 1 aromatic rings. The zero-order chi connectivity index (χ0) is 13.7. The zero-order valence-electron chi connectivity index (χ0n) is 11.7. The van der Waals surface area contributed by atoms with Gasteiger partial charge in [-0.25, -0.2) is 0 Å². The summed E-state index contributed by atoms with van der Waals surface area (Å²) in [5.74, 6) is -0.0197. The van der Waals surface area contributed by atoms with Crippen LogP contribution < -0.4 is 11.1 Å². The third-order valence-electron chi connectivity index (χ3n) is 2.93. The number of aromatic nitrogens is 2. The number of amides is 1. The number of carbonyl (C=O) groups excluding carboxylic acids is 1. The molecule has 0 aliphatic heterocycles. The number of likely N-dealkylation sites (N-methyl/N-ethyl adjacent to an activating group) is 1. The second-order valence-corrected chi connectivity index (χ2v) is 4.60. The topological polar surface area (TPSA) is 76.2 Å². The minimum Gasteiger partial charge on any atom is -0.330 e. The van der Waals surface area contributed by atoms with Crippen molar-refractivity contribution in [2.75, 3.05) is 32.0 Å². The Hall–Kier alpha value is -1.40. The van der Waals surface area contributed by atoms with Gasteiger partial charge in [0, 0.05) is 7.05 Å². The van der Waals surface area contributed by atoms with Crippen LogP contribution in [0.25, 0.3) is 0 Å². The summed E-state index contributed by atoms with van der Waals surface area (Å²) in [7, 11) is 3.78. The van der Waals surface area contributed by atoms with Crippen molar-refractivity contribution in [1.29, 1.82) is 0 Å². The van der Waals surface area contributed by atoms with Crippen molar-refractivity contribution in [3.05, 3.63) is 11.4 Å². The predicted molar refractivity (Wildman–Crippen MR) is 72.5 cm³/mol. The van der Waals surface area contributed by atoms with Gasteiger partial charge in [-0.3, -0.25) is 14.4 Å². The average molecular weight is 253 g/mol. The number of hydrogen-bond donors (Lipinski definition) is 2. The SMILES string of the molecule is Cc1nn(C)c(C)c1NC(=O)CN(C)CCCN. The van der Waals surface area contributed by atoms with E-state index in [1.807, 2.05) is 32.8 Å². The maximum absolute atomic E-state index is 11.9. The van der Waals surface area contributed by atoms with Crippen molar-refractivity contribution < 1.29 is 4.79 Å². The van der Waals surface area contributed by atoms with Gasteiger partial charge in [0.05, 0.1) is 23.6 Å². The highest BCUT2D eigenvalue weighted by Crippen LogP contribution is 2.17. The Morgan fingerprint density at radius 3 is 2.67 bits per heavy atom. The number of nitrogens with two attached hydrogens (primary N) is 1. The van der Waals surface area contributed by atoms with Crippen LogP contribution in [-0.2, 0) is 11.8 Å². The van der Waals surface area contributed by atoms with E-state index in [0.29, 0.717) is 13.1 Å². The first-order chi connectivity index (χ1) is 8.45. The first-order valence-corrected chi connectivity index (χ1v) is 6.14. The maximum Gasteiger partial charge on any atom is 0.238 e. The van der Waals surface area contributed by atoms with Crippen LogP contribution in [0.5, 0.6) is 0 Å². The van der Waals surface area contributed by atoms with Crippen LogP contribution in [0.3, 0.4) is 0 Å². The molecule has 0 saturated carbocycles. The lowest BCUT2D eigenvalue weighted by atomic mass is 10.3. The molecule has 0 saturated heterocycles. The zero-order valence-corrected chi connectivity index (χ0v) is 11.7. The highest BCUT2D eigenvalue weighted by molar-refractivity contribution is 5.93. The Morgan fingerprint density at radius 2 is 2.17 bits per heavy atom. The van der Waals surface area contributed by atoms with Gasteiger partial charge in [-0.15, -0.1) is 0 Å². The Balaban J connectivity index is 2.54. The normalized spacial score (nSPS) is 11.0. The van der Waals surface area contributed by atoms with Crippen LogP contribution in [-0.4, -0.2) is 47.3 Å². The van der Waals surface area contributed by atoms with Gasteiger partial charge in [-0.05, 0) is 40.4 Å². The quantitative estimate of drug-likeness (QED) is 0.762. The molecule has 6 nitrogen and oxygen atoms in total. The van der Waals surface area contributed by atoms with Crippen LogP contribution in [0.1, 0.15) is 17.8 Å². The van der Waals surface area contributed by atoms with Crippen molar-refractivity contribution in [2.24, 2.45) is 12.8 Å². The number of nitrogens with zero attached hydrogens (tertiary/aromatic N) is 3. The van der Waals surface area contributed by atoms with Gasteiger partial charge in [0.2, 0.25) is 5.91 Å². The molecule has 1 aromatic heterocycles. The number of aryl methyl sites for hydroxylation is 2. The van der Waals surface area contributed by atoms with Crippen molar-refractivity contribution in [1.82, 2.24) is 14.7 Å². The summed E-state index contributed by atoms with van der Waals surface area (Å²) < 4.78 is 1.77. The molecule has 0 spiro atoms. The molecular formula is C12H23N5O. The second kappa shape index (κ2) is 6.51. The monoisotopic (exact) mass is 253 g/mol. The maximum atomic E-state index is 11.9. The van der Waals surface area contributed by atoms with Crippen LogP contribution in [0.2, 0.25) is 0 Å². The van der Waals surface area contributed by atoms with Crippen molar-refractivity contribution in [3.63, 3.8) is 0 Å². The van der Waals surface area contributed by atoms with E-state index in [0.717, 1.165) is 30.0 Å². The molecule has 0 unspecified atom stereocenters. The molecule has 0 aliphatic rings. The van der Waals surface area contributed by atoms with E-state index in [1.165, 1.54) is 0 Å². The second-order valence-electron chi connectivity index (χ2n) is 4.60. The van der Waals surface area contributed by atoms with Crippen LogP contribution in [0.15, 0.2) is 0 Å². The summed E-state index contributed by atoms with van der Waals surface area (Å²) >= 11 is 0. The summed E-state index contributed by atoms with van der Waals surface area (Å²) in [6.45, 7) is 5.67. The third-order valence-corrected chi connectivity index (χ3v) is 2.93. The van der Waals surface area contributed by atoms with Gasteiger partial charge >= 0.3 is 0 Å². The number of nitrogens with one attached hydrogen (secondary N) is 1. The van der Waals surface area contributed by atoms with E-state index in [4.69, 9.17) is 5.73 Å².